The molecule has 0 aliphatic heterocycles. The predicted octanol–water partition coefficient (Wildman–Crippen LogP) is 3.01. The second kappa shape index (κ2) is 5.65. The van der Waals surface area contributed by atoms with Gasteiger partial charge < -0.3 is 9.84 Å². The number of rotatable bonds is 4. The lowest BCUT2D eigenvalue weighted by atomic mass is 10.1. The molecule has 4 nitrogen and oxygen atoms in total. The highest BCUT2D eigenvalue weighted by Crippen LogP contribution is 2.22. The number of halogens is 1. The van der Waals surface area contributed by atoms with E-state index in [1.807, 2.05) is 13.8 Å². The number of aromatic nitrogens is 1. The molecular weight excluding hydrogens is 247 g/mol. The Balaban J connectivity index is 2.20. The molecule has 19 heavy (non-hydrogen) atoms. The molecule has 1 aromatic heterocycles. The van der Waals surface area contributed by atoms with Gasteiger partial charge in [-0.25, -0.2) is 4.39 Å². The van der Waals surface area contributed by atoms with E-state index in [4.69, 9.17) is 4.52 Å². The lowest BCUT2D eigenvalue weighted by Crippen LogP contribution is -2.31. The van der Waals surface area contributed by atoms with Crippen LogP contribution in [0.15, 0.2) is 34.9 Å². The van der Waals surface area contributed by atoms with E-state index in [-0.39, 0.29) is 17.7 Å². The SMILES string of the molecule is CCC(C)NC(=O)c1cc(-c2ccccc2F)no1. The third-order valence-electron chi connectivity index (χ3n) is 2.87. The lowest BCUT2D eigenvalue weighted by molar-refractivity contribution is 0.0902. The van der Waals surface area contributed by atoms with Crippen molar-refractivity contribution in [2.24, 2.45) is 0 Å². The number of nitrogens with zero attached hydrogens (tertiary/aromatic N) is 1. The van der Waals surface area contributed by atoms with Crippen molar-refractivity contribution in [3.63, 3.8) is 0 Å². The molecule has 1 N–H and O–H groups in total. The van der Waals surface area contributed by atoms with Crippen molar-refractivity contribution < 1.29 is 13.7 Å². The van der Waals surface area contributed by atoms with Gasteiger partial charge in [0.25, 0.3) is 5.91 Å². The number of hydrogen-bond acceptors (Lipinski definition) is 3. The van der Waals surface area contributed by atoms with Crippen LogP contribution in [0, 0.1) is 5.82 Å². The van der Waals surface area contributed by atoms with E-state index in [2.05, 4.69) is 10.5 Å². The molecule has 2 aromatic rings. The molecule has 0 aliphatic rings. The summed E-state index contributed by atoms with van der Waals surface area (Å²) in [5, 5.41) is 6.48. The van der Waals surface area contributed by atoms with E-state index in [1.165, 1.54) is 12.1 Å². The van der Waals surface area contributed by atoms with Gasteiger partial charge in [-0.15, -0.1) is 0 Å². The van der Waals surface area contributed by atoms with Crippen LogP contribution in [0.3, 0.4) is 0 Å². The fraction of sp³-hybridized carbons (Fsp3) is 0.286. The Morgan fingerprint density at radius 1 is 1.47 bits per heavy atom. The summed E-state index contributed by atoms with van der Waals surface area (Å²) in [5.41, 5.74) is 0.626. The van der Waals surface area contributed by atoms with Crippen LogP contribution < -0.4 is 5.32 Å². The lowest BCUT2D eigenvalue weighted by Gasteiger charge is -2.08. The molecular formula is C14H15FN2O2. The zero-order valence-corrected chi connectivity index (χ0v) is 10.8. The third kappa shape index (κ3) is 2.99. The summed E-state index contributed by atoms with van der Waals surface area (Å²) in [7, 11) is 0. The Kier molecular flexibility index (Phi) is 3.94. The number of benzene rings is 1. The molecule has 1 amide bonds. The van der Waals surface area contributed by atoms with Crippen LogP contribution in [0.5, 0.6) is 0 Å². The van der Waals surface area contributed by atoms with Crippen molar-refractivity contribution >= 4 is 5.91 Å². The van der Waals surface area contributed by atoms with E-state index < -0.39 is 5.82 Å². The average molecular weight is 262 g/mol. The highest BCUT2D eigenvalue weighted by atomic mass is 19.1. The number of hydrogen-bond donors (Lipinski definition) is 1. The molecule has 1 unspecified atom stereocenters. The molecule has 100 valence electrons. The van der Waals surface area contributed by atoms with Crippen LogP contribution in [-0.2, 0) is 0 Å². The molecule has 2 rings (SSSR count). The summed E-state index contributed by atoms with van der Waals surface area (Å²) >= 11 is 0. The Morgan fingerprint density at radius 2 is 2.21 bits per heavy atom. The number of carbonyl (C=O) groups excluding carboxylic acids is 1. The topological polar surface area (TPSA) is 55.1 Å². The smallest absolute Gasteiger partial charge is 0.290 e. The van der Waals surface area contributed by atoms with Gasteiger partial charge in [0.05, 0.1) is 0 Å². The summed E-state index contributed by atoms with van der Waals surface area (Å²) in [5.74, 6) is -0.660. The van der Waals surface area contributed by atoms with Gasteiger partial charge in [-0.3, -0.25) is 4.79 Å². The Morgan fingerprint density at radius 3 is 2.89 bits per heavy atom. The van der Waals surface area contributed by atoms with E-state index >= 15 is 0 Å². The Hall–Kier alpha value is -2.17. The van der Waals surface area contributed by atoms with Gasteiger partial charge >= 0.3 is 0 Å². The number of carbonyl (C=O) groups is 1. The third-order valence-corrected chi connectivity index (χ3v) is 2.87. The van der Waals surface area contributed by atoms with E-state index in [0.29, 0.717) is 11.3 Å². The molecule has 0 fully saturated rings. The number of nitrogens with one attached hydrogen (secondary N) is 1. The van der Waals surface area contributed by atoms with Crippen LogP contribution in [-0.4, -0.2) is 17.1 Å². The summed E-state index contributed by atoms with van der Waals surface area (Å²) in [6, 6.07) is 7.71. The zero-order valence-electron chi connectivity index (χ0n) is 10.8. The summed E-state index contributed by atoms with van der Waals surface area (Å²) in [6.07, 6.45) is 0.819. The molecule has 0 radical (unpaired) electrons. The molecule has 1 aromatic carbocycles. The predicted molar refractivity (Wildman–Crippen MR) is 69.1 cm³/mol. The first-order valence-corrected chi connectivity index (χ1v) is 6.14. The second-order valence-corrected chi connectivity index (χ2v) is 4.34. The molecule has 0 saturated carbocycles. The average Bonchev–Trinajstić information content (AvgIpc) is 2.88. The number of amides is 1. The maximum Gasteiger partial charge on any atom is 0.290 e. The van der Waals surface area contributed by atoms with Crippen molar-refractivity contribution in [3.05, 3.63) is 41.9 Å². The van der Waals surface area contributed by atoms with Gasteiger partial charge in [-0.2, -0.15) is 0 Å². The van der Waals surface area contributed by atoms with Gasteiger partial charge in [0.15, 0.2) is 0 Å². The Labute approximate surface area is 110 Å². The van der Waals surface area contributed by atoms with Crippen LogP contribution in [0.2, 0.25) is 0 Å². The molecule has 5 heteroatoms. The second-order valence-electron chi connectivity index (χ2n) is 4.34. The van der Waals surface area contributed by atoms with Crippen molar-refractivity contribution in [2.45, 2.75) is 26.3 Å². The Bertz CT molecular complexity index is 580. The summed E-state index contributed by atoms with van der Waals surface area (Å²) in [6.45, 7) is 3.86. The standard InChI is InChI=1S/C14H15FN2O2/c1-3-9(2)16-14(18)13-8-12(17-19-13)10-6-4-5-7-11(10)15/h4-9H,3H2,1-2H3,(H,16,18). The minimum atomic E-state index is -0.398. The van der Waals surface area contributed by atoms with Crippen molar-refractivity contribution in [2.75, 3.05) is 0 Å². The monoisotopic (exact) mass is 262 g/mol. The van der Waals surface area contributed by atoms with Crippen molar-refractivity contribution in [1.82, 2.24) is 10.5 Å². The van der Waals surface area contributed by atoms with Crippen LogP contribution in [0.25, 0.3) is 11.3 Å². The quantitative estimate of drug-likeness (QED) is 0.921. The van der Waals surface area contributed by atoms with Crippen LogP contribution >= 0.6 is 0 Å². The minimum Gasteiger partial charge on any atom is -0.350 e. The fourth-order valence-corrected chi connectivity index (χ4v) is 1.58. The van der Waals surface area contributed by atoms with Gasteiger partial charge in [-0.05, 0) is 25.5 Å². The summed E-state index contributed by atoms with van der Waals surface area (Å²) in [4.78, 5) is 11.8. The largest absolute Gasteiger partial charge is 0.350 e. The van der Waals surface area contributed by atoms with Gasteiger partial charge in [0, 0.05) is 17.7 Å². The maximum atomic E-state index is 13.6. The zero-order chi connectivity index (χ0) is 13.8. The highest BCUT2D eigenvalue weighted by molar-refractivity contribution is 5.92. The first kappa shape index (κ1) is 13.3. The molecule has 0 spiro atoms. The van der Waals surface area contributed by atoms with Crippen LogP contribution in [0.1, 0.15) is 30.8 Å². The van der Waals surface area contributed by atoms with Gasteiger partial charge in [0.2, 0.25) is 5.76 Å². The fourth-order valence-electron chi connectivity index (χ4n) is 1.58. The first-order valence-electron chi connectivity index (χ1n) is 6.14. The maximum absolute atomic E-state index is 13.6. The van der Waals surface area contributed by atoms with E-state index in [1.54, 1.807) is 18.2 Å². The normalized spacial score (nSPS) is 12.2. The molecule has 1 heterocycles. The van der Waals surface area contributed by atoms with Crippen molar-refractivity contribution in [1.29, 1.82) is 0 Å². The molecule has 0 saturated heterocycles. The van der Waals surface area contributed by atoms with Crippen molar-refractivity contribution in [3.8, 4) is 11.3 Å². The van der Waals surface area contributed by atoms with Crippen LogP contribution in [0.4, 0.5) is 4.39 Å². The van der Waals surface area contributed by atoms with E-state index in [9.17, 15) is 9.18 Å². The minimum absolute atomic E-state index is 0.0505. The first-order chi connectivity index (χ1) is 9.11. The molecule has 0 aliphatic carbocycles. The molecule has 0 bridgehead atoms. The van der Waals surface area contributed by atoms with Gasteiger partial charge in [-0.1, -0.05) is 24.2 Å². The molecule has 1 atom stereocenters. The summed E-state index contributed by atoms with van der Waals surface area (Å²) < 4.78 is 18.5. The van der Waals surface area contributed by atoms with Gasteiger partial charge in [0.1, 0.15) is 11.5 Å². The van der Waals surface area contributed by atoms with E-state index in [0.717, 1.165) is 6.42 Å². The highest BCUT2D eigenvalue weighted by Gasteiger charge is 2.16.